The molecule has 1 aromatic carbocycles. The lowest BCUT2D eigenvalue weighted by Crippen LogP contribution is -2.32. The third-order valence-electron chi connectivity index (χ3n) is 3.76. The molecule has 0 saturated heterocycles. The summed E-state index contributed by atoms with van der Waals surface area (Å²) in [5.74, 6) is -0.831. The molecule has 0 atom stereocenters. The second kappa shape index (κ2) is 8.55. The topological polar surface area (TPSA) is 69.8 Å². The highest BCUT2D eigenvalue weighted by Gasteiger charge is 2.37. The number of halogens is 3. The number of aromatic nitrogens is 2. The Morgan fingerprint density at radius 3 is 2.46 bits per heavy atom. The Morgan fingerprint density at radius 2 is 1.85 bits per heavy atom. The molecule has 0 aliphatic carbocycles. The van der Waals surface area contributed by atoms with E-state index in [1.54, 1.807) is 5.10 Å². The van der Waals surface area contributed by atoms with Crippen LogP contribution in [0.4, 0.5) is 13.2 Å². The third kappa shape index (κ3) is 5.11. The van der Waals surface area contributed by atoms with Gasteiger partial charge in [-0.05, 0) is 17.5 Å². The summed E-state index contributed by atoms with van der Waals surface area (Å²) in [7, 11) is 0. The summed E-state index contributed by atoms with van der Waals surface area (Å²) in [5.41, 5.74) is 1.17. The number of H-pyrrole nitrogens is 1. The first-order chi connectivity index (χ1) is 12.3. The van der Waals surface area contributed by atoms with Crippen molar-refractivity contribution in [1.29, 1.82) is 0 Å². The van der Waals surface area contributed by atoms with Gasteiger partial charge in [0.25, 0.3) is 5.91 Å². The van der Waals surface area contributed by atoms with Crippen LogP contribution in [0.3, 0.4) is 0 Å². The average molecular weight is 366 g/mol. The van der Waals surface area contributed by atoms with Crippen molar-refractivity contribution in [1.82, 2.24) is 20.8 Å². The summed E-state index contributed by atoms with van der Waals surface area (Å²) in [4.78, 5) is 11.9. The van der Waals surface area contributed by atoms with Gasteiger partial charge in [-0.25, -0.2) is 0 Å². The minimum absolute atomic E-state index is 0.147. The molecule has 2 rings (SSSR count). The summed E-state index contributed by atoms with van der Waals surface area (Å²) in [6.45, 7) is 6.52. The van der Waals surface area contributed by atoms with Gasteiger partial charge in [-0.3, -0.25) is 9.89 Å². The normalized spacial score (nSPS) is 11.2. The monoisotopic (exact) mass is 366 g/mol. The number of rotatable bonds is 8. The van der Waals surface area contributed by atoms with Crippen LogP contribution in [0.1, 0.15) is 40.5 Å². The summed E-state index contributed by atoms with van der Waals surface area (Å²) in [6.07, 6.45) is -1.70. The lowest BCUT2D eigenvalue weighted by atomic mass is 10.1. The number of carbonyl (C=O) groups is 1. The van der Waals surface area contributed by atoms with E-state index in [1.807, 2.05) is 24.3 Å². The number of aryl methyl sites for hydroxylation is 1. The van der Waals surface area contributed by atoms with Gasteiger partial charge in [-0.2, -0.15) is 18.3 Å². The Balaban J connectivity index is 1.80. The van der Waals surface area contributed by atoms with Crippen molar-refractivity contribution in [3.63, 3.8) is 0 Å². The number of nitrogens with zero attached hydrogens (tertiary/aromatic N) is 1. The van der Waals surface area contributed by atoms with E-state index < -0.39 is 23.3 Å². The lowest BCUT2D eigenvalue weighted by Gasteiger charge is -2.12. The van der Waals surface area contributed by atoms with Crippen LogP contribution in [0.25, 0.3) is 5.70 Å². The molecule has 8 heteroatoms. The highest BCUT2D eigenvalue weighted by atomic mass is 19.4. The molecule has 1 amide bonds. The maximum absolute atomic E-state index is 12.7. The van der Waals surface area contributed by atoms with Crippen LogP contribution < -0.4 is 10.6 Å². The van der Waals surface area contributed by atoms with Crippen LogP contribution in [-0.2, 0) is 12.6 Å². The van der Waals surface area contributed by atoms with E-state index in [0.29, 0.717) is 12.2 Å². The number of carbonyl (C=O) groups excluding carboxylic acids is 1. The molecule has 1 heterocycles. The number of hydrogen-bond acceptors (Lipinski definition) is 3. The zero-order valence-electron chi connectivity index (χ0n) is 14.4. The molecule has 0 aliphatic rings. The summed E-state index contributed by atoms with van der Waals surface area (Å²) < 4.78 is 38.2. The maximum atomic E-state index is 12.7. The fourth-order valence-corrected chi connectivity index (χ4v) is 2.42. The van der Waals surface area contributed by atoms with E-state index in [9.17, 15) is 18.0 Å². The van der Waals surface area contributed by atoms with Crippen molar-refractivity contribution < 1.29 is 18.0 Å². The average Bonchev–Trinajstić information content (AvgIpc) is 3.09. The molecule has 0 saturated carbocycles. The van der Waals surface area contributed by atoms with Crippen LogP contribution >= 0.6 is 0 Å². The molecule has 5 nitrogen and oxygen atoms in total. The van der Waals surface area contributed by atoms with Gasteiger partial charge in [-0.1, -0.05) is 44.2 Å². The van der Waals surface area contributed by atoms with Crippen molar-refractivity contribution in [2.75, 3.05) is 13.1 Å². The van der Waals surface area contributed by atoms with Gasteiger partial charge in [0.05, 0.1) is 11.8 Å². The predicted molar refractivity (Wildman–Crippen MR) is 93.4 cm³/mol. The van der Waals surface area contributed by atoms with E-state index in [2.05, 4.69) is 29.2 Å². The number of amides is 1. The zero-order valence-corrected chi connectivity index (χ0v) is 14.4. The van der Waals surface area contributed by atoms with Crippen LogP contribution in [0, 0.1) is 0 Å². The van der Waals surface area contributed by atoms with Gasteiger partial charge in [0.2, 0.25) is 0 Å². The van der Waals surface area contributed by atoms with E-state index in [0.717, 1.165) is 24.6 Å². The Kier molecular flexibility index (Phi) is 6.43. The second-order valence-corrected chi connectivity index (χ2v) is 5.76. The number of hydrogen-bond donors (Lipinski definition) is 3. The first kappa shape index (κ1) is 19.6. The molecule has 0 aliphatic heterocycles. The molecule has 2 aromatic rings. The first-order valence-electron chi connectivity index (χ1n) is 8.23. The van der Waals surface area contributed by atoms with Crippen LogP contribution in [0.2, 0.25) is 0 Å². The molecule has 0 fully saturated rings. The van der Waals surface area contributed by atoms with Gasteiger partial charge >= 0.3 is 6.18 Å². The van der Waals surface area contributed by atoms with Gasteiger partial charge < -0.3 is 10.6 Å². The lowest BCUT2D eigenvalue weighted by molar-refractivity contribution is -0.141. The minimum atomic E-state index is -4.65. The Hall–Kier alpha value is -2.77. The predicted octanol–water partition coefficient (Wildman–Crippen LogP) is 3.37. The smallest absolute Gasteiger partial charge is 0.383 e. The fourth-order valence-electron chi connectivity index (χ4n) is 2.42. The molecule has 26 heavy (non-hydrogen) atoms. The minimum Gasteiger partial charge on any atom is -0.383 e. The number of nitrogens with one attached hydrogen (secondary N) is 3. The molecule has 0 bridgehead atoms. The molecular weight excluding hydrogens is 345 g/mol. The maximum Gasteiger partial charge on any atom is 0.433 e. The van der Waals surface area contributed by atoms with Gasteiger partial charge in [-0.15, -0.1) is 0 Å². The van der Waals surface area contributed by atoms with E-state index in [4.69, 9.17) is 0 Å². The highest BCUT2D eigenvalue weighted by Crippen LogP contribution is 2.29. The van der Waals surface area contributed by atoms with E-state index in [1.165, 1.54) is 5.56 Å². The number of benzene rings is 1. The Bertz CT molecular complexity index is 751. The van der Waals surface area contributed by atoms with Crippen LogP contribution in [-0.4, -0.2) is 29.2 Å². The first-order valence-corrected chi connectivity index (χ1v) is 8.23. The quantitative estimate of drug-likeness (QED) is 0.628. The zero-order chi connectivity index (χ0) is 19.2. The Labute approximate surface area is 149 Å². The van der Waals surface area contributed by atoms with E-state index in [-0.39, 0.29) is 6.54 Å². The summed E-state index contributed by atoms with van der Waals surface area (Å²) in [5, 5.41) is 10.6. The number of alkyl halides is 3. The molecular formula is C18H21F3N4O. The summed E-state index contributed by atoms with van der Waals surface area (Å²) >= 11 is 0. The van der Waals surface area contributed by atoms with Gasteiger partial charge in [0.1, 0.15) is 0 Å². The third-order valence-corrected chi connectivity index (χ3v) is 3.76. The largest absolute Gasteiger partial charge is 0.433 e. The fraction of sp³-hybridized carbons (Fsp3) is 0.333. The molecule has 0 unspecified atom stereocenters. The van der Waals surface area contributed by atoms with Crippen LogP contribution in [0.5, 0.6) is 0 Å². The SMILES string of the molecule is C=C(NCCNC(=O)c1cn[nH]c1C(F)(F)F)c1ccc(CCC)cc1. The second-order valence-electron chi connectivity index (χ2n) is 5.76. The van der Waals surface area contributed by atoms with Gasteiger partial charge in [0.15, 0.2) is 5.69 Å². The molecule has 0 spiro atoms. The van der Waals surface area contributed by atoms with E-state index >= 15 is 0 Å². The summed E-state index contributed by atoms with van der Waals surface area (Å²) in [6, 6.07) is 7.98. The number of aromatic amines is 1. The van der Waals surface area contributed by atoms with Crippen molar-refractivity contribution in [3.8, 4) is 0 Å². The Morgan fingerprint density at radius 1 is 1.19 bits per heavy atom. The van der Waals surface area contributed by atoms with Crippen LogP contribution in [0.15, 0.2) is 37.0 Å². The standard InChI is InChI=1S/C18H21F3N4O/c1-3-4-13-5-7-14(8-6-13)12(2)22-9-10-23-17(26)15-11-24-25-16(15)18(19,20)21/h5-8,11,22H,2-4,9-10H2,1H3,(H,23,26)(H,24,25). The van der Waals surface area contributed by atoms with Crippen molar-refractivity contribution in [3.05, 3.63) is 59.4 Å². The van der Waals surface area contributed by atoms with Crippen molar-refractivity contribution in [2.24, 2.45) is 0 Å². The molecule has 3 N–H and O–H groups in total. The molecule has 140 valence electrons. The van der Waals surface area contributed by atoms with Gasteiger partial charge in [0, 0.05) is 18.8 Å². The van der Waals surface area contributed by atoms with Crippen molar-refractivity contribution >= 4 is 11.6 Å². The molecule has 1 aromatic heterocycles. The van der Waals surface area contributed by atoms with Crippen molar-refractivity contribution in [2.45, 2.75) is 25.9 Å². The highest BCUT2D eigenvalue weighted by molar-refractivity contribution is 5.95. The molecule has 0 radical (unpaired) electrons.